The fourth-order valence-corrected chi connectivity index (χ4v) is 1.71. The van der Waals surface area contributed by atoms with Gasteiger partial charge in [-0.25, -0.2) is 4.98 Å². The lowest BCUT2D eigenvalue weighted by molar-refractivity contribution is -0.385. The van der Waals surface area contributed by atoms with Gasteiger partial charge in [-0.1, -0.05) is 17.7 Å². The Morgan fingerprint density at radius 1 is 1.52 bits per heavy atom. The van der Waals surface area contributed by atoms with E-state index in [1.165, 1.54) is 18.2 Å². The number of aromatic nitrogens is 2. The fraction of sp³-hybridized carbons (Fsp3) is 0.167. The van der Waals surface area contributed by atoms with Crippen LogP contribution in [0.3, 0.4) is 0 Å². The SMILES string of the molecule is CCNc1ncc(F)c(Oc2c(Cl)cccc2[N+](=O)[O-])n1. The third-order valence-electron chi connectivity index (χ3n) is 2.39. The molecular weight excluding hydrogens is 303 g/mol. The van der Waals surface area contributed by atoms with E-state index in [1.807, 2.05) is 6.92 Å². The smallest absolute Gasteiger partial charge is 0.313 e. The quantitative estimate of drug-likeness (QED) is 0.672. The third-order valence-corrected chi connectivity index (χ3v) is 2.69. The van der Waals surface area contributed by atoms with Crippen LogP contribution in [0, 0.1) is 15.9 Å². The lowest BCUT2D eigenvalue weighted by Crippen LogP contribution is -2.04. The summed E-state index contributed by atoms with van der Waals surface area (Å²) in [5, 5.41) is 13.7. The number of hydrogen-bond donors (Lipinski definition) is 1. The minimum Gasteiger partial charge on any atom is -0.427 e. The van der Waals surface area contributed by atoms with Gasteiger partial charge in [0.2, 0.25) is 17.5 Å². The van der Waals surface area contributed by atoms with Crippen molar-refractivity contribution in [3.63, 3.8) is 0 Å². The van der Waals surface area contributed by atoms with E-state index in [-0.39, 0.29) is 22.4 Å². The van der Waals surface area contributed by atoms with Gasteiger partial charge in [0, 0.05) is 12.6 Å². The number of halogens is 2. The van der Waals surface area contributed by atoms with Crippen molar-refractivity contribution in [1.29, 1.82) is 0 Å². The van der Waals surface area contributed by atoms with Gasteiger partial charge in [-0.05, 0) is 13.0 Å². The molecule has 0 fully saturated rings. The Kier molecular flexibility index (Phi) is 4.49. The lowest BCUT2D eigenvalue weighted by atomic mass is 10.3. The largest absolute Gasteiger partial charge is 0.427 e. The highest BCUT2D eigenvalue weighted by atomic mass is 35.5. The maximum absolute atomic E-state index is 13.7. The second kappa shape index (κ2) is 6.31. The lowest BCUT2D eigenvalue weighted by Gasteiger charge is -2.09. The normalized spacial score (nSPS) is 10.2. The van der Waals surface area contributed by atoms with E-state index < -0.39 is 16.6 Å². The first-order chi connectivity index (χ1) is 10.0. The Morgan fingerprint density at radius 2 is 2.29 bits per heavy atom. The molecule has 2 aromatic rings. The molecule has 21 heavy (non-hydrogen) atoms. The van der Waals surface area contributed by atoms with Gasteiger partial charge in [0.25, 0.3) is 5.88 Å². The first-order valence-electron chi connectivity index (χ1n) is 5.90. The molecule has 0 saturated heterocycles. The topological polar surface area (TPSA) is 90.2 Å². The van der Waals surface area contributed by atoms with E-state index >= 15 is 0 Å². The van der Waals surface area contributed by atoms with Crippen molar-refractivity contribution in [1.82, 2.24) is 9.97 Å². The molecular formula is C12H10ClFN4O3. The molecule has 9 heteroatoms. The molecule has 0 saturated carbocycles. The summed E-state index contributed by atoms with van der Waals surface area (Å²) in [6, 6.07) is 3.99. The Morgan fingerprint density at radius 3 is 2.95 bits per heavy atom. The monoisotopic (exact) mass is 312 g/mol. The number of para-hydroxylation sites is 1. The highest BCUT2D eigenvalue weighted by molar-refractivity contribution is 6.32. The van der Waals surface area contributed by atoms with Crippen LogP contribution >= 0.6 is 11.6 Å². The minimum atomic E-state index is -0.856. The summed E-state index contributed by atoms with van der Waals surface area (Å²) in [6.07, 6.45) is 0.906. The Hall–Kier alpha value is -2.48. The molecule has 1 aromatic carbocycles. The van der Waals surface area contributed by atoms with Crippen molar-refractivity contribution >= 4 is 23.2 Å². The summed E-state index contributed by atoms with van der Waals surface area (Å²) in [5.41, 5.74) is -0.384. The molecule has 1 heterocycles. The molecule has 0 amide bonds. The molecule has 2 rings (SSSR count). The highest BCUT2D eigenvalue weighted by Gasteiger charge is 2.21. The average molecular weight is 313 g/mol. The number of nitrogens with one attached hydrogen (secondary N) is 1. The van der Waals surface area contributed by atoms with Crippen LogP contribution < -0.4 is 10.1 Å². The van der Waals surface area contributed by atoms with Crippen LogP contribution in [0.4, 0.5) is 16.0 Å². The van der Waals surface area contributed by atoms with Crippen LogP contribution in [0.1, 0.15) is 6.92 Å². The first-order valence-corrected chi connectivity index (χ1v) is 6.28. The molecule has 0 aliphatic carbocycles. The molecule has 1 aromatic heterocycles. The van der Waals surface area contributed by atoms with E-state index in [0.29, 0.717) is 6.54 Å². The van der Waals surface area contributed by atoms with E-state index in [9.17, 15) is 14.5 Å². The molecule has 0 spiro atoms. The van der Waals surface area contributed by atoms with Gasteiger partial charge in [0.15, 0.2) is 0 Å². The second-order valence-corrected chi connectivity index (χ2v) is 4.23. The summed E-state index contributed by atoms with van der Waals surface area (Å²) in [5.74, 6) is -1.43. The number of ether oxygens (including phenoxy) is 1. The molecule has 0 bridgehead atoms. The van der Waals surface area contributed by atoms with Crippen molar-refractivity contribution in [3.8, 4) is 11.6 Å². The number of nitro benzene ring substituents is 1. The van der Waals surface area contributed by atoms with E-state index in [0.717, 1.165) is 6.20 Å². The Balaban J connectivity index is 2.42. The molecule has 0 unspecified atom stereocenters. The second-order valence-electron chi connectivity index (χ2n) is 3.82. The number of rotatable bonds is 5. The molecule has 7 nitrogen and oxygen atoms in total. The predicted molar refractivity (Wildman–Crippen MR) is 74.3 cm³/mol. The maximum atomic E-state index is 13.7. The summed E-state index contributed by atoms with van der Waals surface area (Å²) in [6.45, 7) is 2.34. The Labute approximate surface area is 123 Å². The Bertz CT molecular complexity index is 684. The standard InChI is InChI=1S/C12H10ClFN4O3/c1-2-15-12-16-6-8(14)11(17-12)21-10-7(13)4-3-5-9(10)18(19)20/h3-6H,2H2,1H3,(H,15,16,17). The van der Waals surface area contributed by atoms with E-state index in [1.54, 1.807) is 0 Å². The van der Waals surface area contributed by atoms with Crippen LogP contribution in [-0.4, -0.2) is 21.4 Å². The average Bonchev–Trinajstić information content (AvgIpc) is 2.44. The number of nitrogens with zero attached hydrogens (tertiary/aromatic N) is 3. The van der Waals surface area contributed by atoms with Gasteiger partial charge in [-0.2, -0.15) is 9.37 Å². The number of benzene rings is 1. The zero-order valence-corrected chi connectivity index (χ0v) is 11.6. The van der Waals surface area contributed by atoms with E-state index in [4.69, 9.17) is 16.3 Å². The molecule has 110 valence electrons. The molecule has 0 aliphatic rings. The van der Waals surface area contributed by atoms with Gasteiger partial charge < -0.3 is 10.1 Å². The highest BCUT2D eigenvalue weighted by Crippen LogP contribution is 2.37. The number of hydrogen-bond acceptors (Lipinski definition) is 6. The van der Waals surface area contributed by atoms with Gasteiger partial charge in [-0.15, -0.1) is 0 Å². The number of nitro groups is 1. The molecule has 0 aliphatic heterocycles. The molecule has 1 N–H and O–H groups in total. The van der Waals surface area contributed by atoms with Crippen molar-refractivity contribution in [2.24, 2.45) is 0 Å². The summed E-state index contributed by atoms with van der Waals surface area (Å²) >= 11 is 5.87. The summed E-state index contributed by atoms with van der Waals surface area (Å²) in [7, 11) is 0. The summed E-state index contributed by atoms with van der Waals surface area (Å²) in [4.78, 5) is 17.8. The zero-order chi connectivity index (χ0) is 15.4. The van der Waals surface area contributed by atoms with Crippen LogP contribution in [0.15, 0.2) is 24.4 Å². The van der Waals surface area contributed by atoms with Crippen molar-refractivity contribution < 1.29 is 14.1 Å². The molecule has 0 radical (unpaired) electrons. The summed E-state index contributed by atoms with van der Waals surface area (Å²) < 4.78 is 18.8. The van der Waals surface area contributed by atoms with Gasteiger partial charge in [0.05, 0.1) is 16.1 Å². The maximum Gasteiger partial charge on any atom is 0.313 e. The van der Waals surface area contributed by atoms with E-state index in [2.05, 4.69) is 15.3 Å². The van der Waals surface area contributed by atoms with Crippen LogP contribution in [0.2, 0.25) is 5.02 Å². The van der Waals surface area contributed by atoms with Crippen molar-refractivity contribution in [3.05, 3.63) is 45.4 Å². The van der Waals surface area contributed by atoms with Crippen molar-refractivity contribution in [2.45, 2.75) is 6.92 Å². The first kappa shape index (κ1) is 14.9. The van der Waals surface area contributed by atoms with Crippen LogP contribution in [0.5, 0.6) is 11.6 Å². The van der Waals surface area contributed by atoms with Crippen LogP contribution in [-0.2, 0) is 0 Å². The minimum absolute atomic E-state index is 0.0211. The fourth-order valence-electron chi connectivity index (χ4n) is 1.51. The van der Waals surface area contributed by atoms with Gasteiger partial charge in [0.1, 0.15) is 0 Å². The van der Waals surface area contributed by atoms with Crippen molar-refractivity contribution in [2.75, 3.05) is 11.9 Å². The van der Waals surface area contributed by atoms with Crippen LogP contribution in [0.25, 0.3) is 0 Å². The third kappa shape index (κ3) is 3.34. The van der Waals surface area contributed by atoms with Gasteiger partial charge >= 0.3 is 5.69 Å². The molecule has 0 atom stereocenters. The number of anilines is 1. The van der Waals surface area contributed by atoms with Gasteiger partial charge in [-0.3, -0.25) is 10.1 Å². The zero-order valence-electron chi connectivity index (χ0n) is 10.8. The predicted octanol–water partition coefficient (Wildman–Crippen LogP) is 3.40.